The van der Waals surface area contributed by atoms with Crippen LogP contribution in [0, 0.1) is 6.92 Å². The van der Waals surface area contributed by atoms with E-state index >= 15 is 0 Å². The molecule has 0 atom stereocenters. The van der Waals surface area contributed by atoms with Crippen molar-refractivity contribution in [1.29, 1.82) is 0 Å². The van der Waals surface area contributed by atoms with Crippen molar-refractivity contribution in [3.63, 3.8) is 0 Å². The van der Waals surface area contributed by atoms with Gasteiger partial charge in [0.1, 0.15) is 6.54 Å². The lowest BCUT2D eigenvalue weighted by molar-refractivity contribution is -0.137. The summed E-state index contributed by atoms with van der Waals surface area (Å²) in [5.41, 5.74) is 4.92. The van der Waals surface area contributed by atoms with Gasteiger partial charge < -0.3 is 9.51 Å². The van der Waals surface area contributed by atoms with Gasteiger partial charge in [-0.15, -0.1) is 0 Å². The van der Waals surface area contributed by atoms with E-state index in [1.54, 1.807) is 24.8 Å². The summed E-state index contributed by atoms with van der Waals surface area (Å²) in [7, 11) is 0. The highest BCUT2D eigenvalue weighted by Gasteiger charge is 2.18. The minimum absolute atomic E-state index is 0.402. The number of hydrogen-bond acceptors (Lipinski definition) is 4. The fraction of sp³-hybridized carbons (Fsp3) is 0.0909. The molecule has 8 nitrogen and oxygen atoms in total. The molecule has 0 radical (unpaired) electrons. The van der Waals surface area contributed by atoms with Crippen LogP contribution in [0.5, 0.6) is 0 Å². The molecule has 0 amide bonds. The molecule has 0 spiro atoms. The van der Waals surface area contributed by atoms with Crippen LogP contribution in [0.15, 0.2) is 72.2 Å². The van der Waals surface area contributed by atoms with E-state index in [9.17, 15) is 14.7 Å². The normalized spacial score (nSPS) is 11.4. The van der Waals surface area contributed by atoms with Gasteiger partial charge >= 0.3 is 11.7 Å². The fourth-order valence-corrected chi connectivity index (χ4v) is 3.84. The molecule has 0 unspecified atom stereocenters. The number of benzene rings is 1. The van der Waals surface area contributed by atoms with Crippen molar-refractivity contribution in [3.8, 4) is 16.9 Å². The largest absolute Gasteiger partial charge is 0.480 e. The van der Waals surface area contributed by atoms with Gasteiger partial charge in [0, 0.05) is 11.8 Å². The number of fused-ring (bicyclic) bond motifs is 2. The molecule has 8 heteroatoms. The third kappa shape index (κ3) is 2.69. The summed E-state index contributed by atoms with van der Waals surface area (Å²) >= 11 is 0. The average molecular weight is 399 g/mol. The third-order valence-corrected chi connectivity index (χ3v) is 5.18. The van der Waals surface area contributed by atoms with Crippen LogP contribution in [0.25, 0.3) is 33.5 Å². The van der Waals surface area contributed by atoms with Crippen molar-refractivity contribution >= 4 is 22.5 Å². The van der Waals surface area contributed by atoms with Gasteiger partial charge in [0.15, 0.2) is 0 Å². The number of aliphatic carboxylic acids is 1. The molecule has 0 fully saturated rings. The Bertz CT molecular complexity index is 1470. The molecule has 5 aromatic rings. The van der Waals surface area contributed by atoms with Crippen LogP contribution in [0.4, 0.5) is 0 Å². The Labute approximate surface area is 170 Å². The maximum atomic E-state index is 13.1. The first-order chi connectivity index (χ1) is 14.5. The Hall–Kier alpha value is -4.20. The molecular weight excluding hydrogens is 382 g/mol. The van der Waals surface area contributed by atoms with Crippen molar-refractivity contribution in [3.05, 3.63) is 83.4 Å². The van der Waals surface area contributed by atoms with Crippen molar-refractivity contribution in [2.75, 3.05) is 0 Å². The Balaban J connectivity index is 1.68. The van der Waals surface area contributed by atoms with Gasteiger partial charge in [-0.1, -0.05) is 12.1 Å². The predicted molar refractivity (Wildman–Crippen MR) is 112 cm³/mol. The highest BCUT2D eigenvalue weighted by atomic mass is 16.4. The molecule has 0 aliphatic carbocycles. The van der Waals surface area contributed by atoms with E-state index < -0.39 is 18.2 Å². The van der Waals surface area contributed by atoms with Gasteiger partial charge in [0.2, 0.25) is 0 Å². The van der Waals surface area contributed by atoms with E-state index in [2.05, 4.69) is 9.97 Å². The summed E-state index contributed by atoms with van der Waals surface area (Å²) < 4.78 is 4.70. The molecule has 0 aliphatic rings. The molecule has 0 aliphatic heterocycles. The number of pyridine rings is 2. The maximum Gasteiger partial charge on any atom is 0.334 e. The monoisotopic (exact) mass is 399 g/mol. The molecule has 0 bridgehead atoms. The van der Waals surface area contributed by atoms with Gasteiger partial charge in [-0.2, -0.15) is 0 Å². The smallest absolute Gasteiger partial charge is 0.334 e. The standard InChI is InChI=1S/C22H17N5O3/c1-14-4-2-6-18-21(14)27(22(30)26(18)12-20(28)29)15-7-8-17(24-10-15)16-5-3-9-25-13-23-11-19(16)25/h2-11,13H,12H2,1H3,(H,28,29). The van der Waals surface area contributed by atoms with E-state index in [4.69, 9.17) is 0 Å². The summed E-state index contributed by atoms with van der Waals surface area (Å²) in [4.78, 5) is 33.1. The van der Waals surface area contributed by atoms with Gasteiger partial charge in [-0.3, -0.25) is 18.9 Å². The molecule has 1 aromatic carbocycles. The SMILES string of the molecule is Cc1cccc2c1n(-c1ccc(-c3cccn4cncc34)nc1)c(=O)n2CC(=O)O. The number of carboxylic acids is 1. The molecule has 1 N–H and O–H groups in total. The van der Waals surface area contributed by atoms with Crippen molar-refractivity contribution < 1.29 is 9.90 Å². The number of para-hydroxylation sites is 1. The van der Waals surface area contributed by atoms with E-state index in [-0.39, 0.29) is 0 Å². The van der Waals surface area contributed by atoms with Gasteiger partial charge in [0.25, 0.3) is 0 Å². The average Bonchev–Trinajstić information content (AvgIpc) is 3.32. The molecule has 30 heavy (non-hydrogen) atoms. The summed E-state index contributed by atoms with van der Waals surface area (Å²) in [5.74, 6) is -1.07. The van der Waals surface area contributed by atoms with Crippen LogP contribution < -0.4 is 5.69 Å². The summed E-state index contributed by atoms with van der Waals surface area (Å²) in [6.45, 7) is 1.49. The lowest BCUT2D eigenvalue weighted by Crippen LogP contribution is -2.26. The first-order valence-corrected chi connectivity index (χ1v) is 9.35. The number of aryl methyl sites for hydroxylation is 1. The summed E-state index contributed by atoms with van der Waals surface area (Å²) in [6, 6.07) is 13.0. The number of carbonyl (C=O) groups is 1. The van der Waals surface area contributed by atoms with Crippen LogP contribution in [0.3, 0.4) is 0 Å². The number of nitrogens with zero attached hydrogens (tertiary/aromatic N) is 5. The van der Waals surface area contributed by atoms with Crippen molar-refractivity contribution in [2.45, 2.75) is 13.5 Å². The molecule has 148 valence electrons. The third-order valence-electron chi connectivity index (χ3n) is 5.18. The van der Waals surface area contributed by atoms with E-state index in [0.717, 1.165) is 22.3 Å². The zero-order valence-electron chi connectivity index (χ0n) is 16.1. The van der Waals surface area contributed by atoms with Crippen LogP contribution >= 0.6 is 0 Å². The summed E-state index contributed by atoms with van der Waals surface area (Å²) in [5, 5.41) is 9.24. The van der Waals surface area contributed by atoms with Crippen LogP contribution in [-0.4, -0.2) is 34.6 Å². The quantitative estimate of drug-likeness (QED) is 0.501. The number of carboxylic acid groups (broad SMARTS) is 1. The van der Waals surface area contributed by atoms with Crippen LogP contribution in [0.1, 0.15) is 5.56 Å². The second-order valence-corrected chi connectivity index (χ2v) is 7.05. The van der Waals surface area contributed by atoms with Crippen LogP contribution in [0.2, 0.25) is 0 Å². The second-order valence-electron chi connectivity index (χ2n) is 7.05. The molecule has 4 aromatic heterocycles. The number of imidazole rings is 2. The predicted octanol–water partition coefficient (Wildman–Crippen LogP) is 2.89. The fourth-order valence-electron chi connectivity index (χ4n) is 3.84. The minimum Gasteiger partial charge on any atom is -0.480 e. The Kier molecular flexibility index (Phi) is 3.99. The molecule has 0 saturated heterocycles. The first-order valence-electron chi connectivity index (χ1n) is 9.35. The first kappa shape index (κ1) is 17.9. The van der Waals surface area contributed by atoms with Crippen molar-refractivity contribution in [2.24, 2.45) is 0 Å². The lowest BCUT2D eigenvalue weighted by Gasteiger charge is -2.07. The Morgan fingerprint density at radius 2 is 1.93 bits per heavy atom. The number of hydrogen-bond donors (Lipinski definition) is 1. The van der Waals surface area contributed by atoms with Gasteiger partial charge in [-0.25, -0.2) is 9.78 Å². The molecule has 5 rings (SSSR count). The van der Waals surface area contributed by atoms with E-state index in [0.29, 0.717) is 16.7 Å². The molecule has 4 heterocycles. The van der Waals surface area contributed by atoms with Crippen LogP contribution in [-0.2, 0) is 11.3 Å². The lowest BCUT2D eigenvalue weighted by atomic mass is 10.1. The maximum absolute atomic E-state index is 13.1. The minimum atomic E-state index is -1.07. The molecule has 0 saturated carbocycles. The van der Waals surface area contributed by atoms with E-state index in [1.807, 2.05) is 53.9 Å². The number of rotatable bonds is 4. The highest BCUT2D eigenvalue weighted by Crippen LogP contribution is 2.25. The highest BCUT2D eigenvalue weighted by molar-refractivity contribution is 5.83. The summed E-state index contributed by atoms with van der Waals surface area (Å²) in [6.07, 6.45) is 7.05. The molecular formula is C22H17N5O3. The topological polar surface area (TPSA) is 94.4 Å². The second kappa shape index (κ2) is 6.70. The van der Waals surface area contributed by atoms with Gasteiger partial charge in [-0.05, 0) is 42.8 Å². The van der Waals surface area contributed by atoms with Gasteiger partial charge in [0.05, 0.1) is 46.7 Å². The van der Waals surface area contributed by atoms with E-state index in [1.165, 1.54) is 9.13 Å². The zero-order valence-corrected chi connectivity index (χ0v) is 16.1. The Morgan fingerprint density at radius 1 is 1.07 bits per heavy atom. The number of aromatic nitrogens is 5. The zero-order chi connectivity index (χ0) is 20.8. The Morgan fingerprint density at radius 3 is 2.70 bits per heavy atom. The van der Waals surface area contributed by atoms with Crippen molar-refractivity contribution in [1.82, 2.24) is 23.5 Å².